The molecule has 0 fully saturated rings. The summed E-state index contributed by atoms with van der Waals surface area (Å²) in [5, 5.41) is 12.6. The van der Waals surface area contributed by atoms with E-state index in [9.17, 15) is 13.9 Å². The quantitative estimate of drug-likeness (QED) is 0.840. The number of halogens is 2. The Bertz CT molecular complexity index is 569. The van der Waals surface area contributed by atoms with Gasteiger partial charge in [-0.15, -0.1) is 0 Å². The number of phenolic OH excluding ortho intramolecular Hbond substituents is 1. The van der Waals surface area contributed by atoms with E-state index in [1.165, 1.54) is 7.11 Å². The first-order chi connectivity index (χ1) is 8.06. The monoisotopic (exact) mass is 242 g/mol. The molecule has 3 N–H and O–H groups in total. The molecule has 0 radical (unpaired) electrons. The van der Waals surface area contributed by atoms with E-state index >= 15 is 0 Å². The van der Waals surface area contributed by atoms with Crippen LogP contribution in [0.5, 0.6) is 11.5 Å². The number of phenols is 1. The number of anilines is 1. The number of methoxy groups -OCH3 is 1. The van der Waals surface area contributed by atoms with Crippen molar-refractivity contribution in [1.29, 1.82) is 0 Å². The lowest BCUT2D eigenvalue weighted by molar-refractivity contribution is 0.351. The molecule has 0 spiro atoms. The zero-order valence-corrected chi connectivity index (χ0v) is 8.70. The Labute approximate surface area is 94.4 Å². The maximum atomic E-state index is 13.7. The topological polar surface area (TPSA) is 81.5 Å². The maximum absolute atomic E-state index is 13.7. The second-order valence-electron chi connectivity index (χ2n) is 3.21. The predicted octanol–water partition coefficient (Wildman–Crippen LogP) is 1.92. The Morgan fingerprint density at radius 1 is 1.35 bits per heavy atom. The molecule has 2 aromatic rings. The average molecular weight is 242 g/mol. The molecular formula is C10H8F2N2O3. The number of hydrogen-bond acceptors (Lipinski definition) is 5. The number of ether oxygens (including phenoxy) is 1. The first-order valence-electron chi connectivity index (χ1n) is 4.51. The van der Waals surface area contributed by atoms with Gasteiger partial charge in [0.25, 0.3) is 0 Å². The fraction of sp³-hybridized carbons (Fsp3) is 0.100. The molecule has 2 rings (SSSR count). The third-order valence-corrected chi connectivity index (χ3v) is 2.25. The fourth-order valence-corrected chi connectivity index (χ4v) is 1.39. The Morgan fingerprint density at radius 3 is 2.59 bits per heavy atom. The van der Waals surface area contributed by atoms with Crippen molar-refractivity contribution < 1.29 is 23.1 Å². The third-order valence-electron chi connectivity index (χ3n) is 2.25. The molecule has 0 saturated carbocycles. The summed E-state index contributed by atoms with van der Waals surface area (Å²) >= 11 is 0. The van der Waals surface area contributed by atoms with Crippen molar-refractivity contribution in [2.75, 3.05) is 12.8 Å². The molecule has 0 atom stereocenters. The number of benzene rings is 1. The smallest absolute Gasteiger partial charge is 0.230 e. The standard InChI is InChI=1S/C10H8F2N2O3/c1-16-6-2-4(5-3-14-17-10(5)13)7(11)9(15)8(6)12/h2-3,15H,13H2,1H3. The summed E-state index contributed by atoms with van der Waals surface area (Å²) in [7, 11) is 1.19. The number of aromatic hydroxyl groups is 1. The molecule has 0 aliphatic carbocycles. The van der Waals surface area contributed by atoms with Crippen LogP contribution >= 0.6 is 0 Å². The average Bonchev–Trinajstić information content (AvgIpc) is 2.73. The van der Waals surface area contributed by atoms with E-state index in [1.54, 1.807) is 0 Å². The Balaban J connectivity index is 2.71. The minimum Gasteiger partial charge on any atom is -0.503 e. The number of nitrogens with two attached hydrogens (primary N) is 1. The first-order valence-corrected chi connectivity index (χ1v) is 4.51. The zero-order valence-electron chi connectivity index (χ0n) is 8.70. The molecule has 0 bridgehead atoms. The van der Waals surface area contributed by atoms with Gasteiger partial charge in [-0.3, -0.25) is 0 Å². The highest BCUT2D eigenvalue weighted by molar-refractivity contribution is 5.75. The fourth-order valence-electron chi connectivity index (χ4n) is 1.39. The number of aromatic nitrogens is 1. The molecule has 1 aromatic heterocycles. The molecule has 0 aliphatic rings. The van der Waals surface area contributed by atoms with Crippen LogP contribution in [0.2, 0.25) is 0 Å². The van der Waals surface area contributed by atoms with E-state index in [0.717, 1.165) is 12.3 Å². The van der Waals surface area contributed by atoms with Crippen LogP contribution in [-0.4, -0.2) is 17.4 Å². The highest BCUT2D eigenvalue weighted by Crippen LogP contribution is 2.38. The summed E-state index contributed by atoms with van der Waals surface area (Å²) in [6.07, 6.45) is 1.16. The Kier molecular flexibility index (Phi) is 2.58. The molecular weight excluding hydrogens is 234 g/mol. The van der Waals surface area contributed by atoms with Gasteiger partial charge in [-0.25, -0.2) is 4.39 Å². The van der Waals surface area contributed by atoms with Crippen LogP contribution < -0.4 is 10.5 Å². The van der Waals surface area contributed by atoms with E-state index in [1.807, 2.05) is 0 Å². The summed E-state index contributed by atoms with van der Waals surface area (Å²) in [6.45, 7) is 0. The van der Waals surface area contributed by atoms with Crippen LogP contribution in [0, 0.1) is 11.6 Å². The summed E-state index contributed by atoms with van der Waals surface area (Å²) in [5.74, 6) is -3.92. The number of rotatable bonds is 2. The molecule has 0 amide bonds. The molecule has 7 heteroatoms. The third kappa shape index (κ3) is 1.65. The second-order valence-corrected chi connectivity index (χ2v) is 3.21. The number of nitrogen functional groups attached to an aromatic ring is 1. The van der Waals surface area contributed by atoms with Gasteiger partial charge >= 0.3 is 0 Å². The van der Waals surface area contributed by atoms with E-state index in [0.29, 0.717) is 0 Å². The predicted molar refractivity (Wildman–Crippen MR) is 54.5 cm³/mol. The van der Waals surface area contributed by atoms with Crippen molar-refractivity contribution >= 4 is 5.88 Å². The molecule has 1 heterocycles. The Hall–Kier alpha value is -2.31. The van der Waals surface area contributed by atoms with Crippen molar-refractivity contribution in [3.05, 3.63) is 23.9 Å². The van der Waals surface area contributed by atoms with Crippen molar-refractivity contribution in [2.24, 2.45) is 0 Å². The van der Waals surface area contributed by atoms with Gasteiger partial charge in [-0.05, 0) is 6.07 Å². The van der Waals surface area contributed by atoms with E-state index in [4.69, 9.17) is 5.73 Å². The normalized spacial score (nSPS) is 10.5. The molecule has 0 unspecified atom stereocenters. The molecule has 0 saturated heterocycles. The van der Waals surface area contributed by atoms with Crippen molar-refractivity contribution in [1.82, 2.24) is 5.16 Å². The summed E-state index contributed by atoms with van der Waals surface area (Å²) in [6, 6.07) is 1.06. The summed E-state index contributed by atoms with van der Waals surface area (Å²) in [5.41, 5.74) is 5.36. The second kappa shape index (κ2) is 3.93. The molecule has 5 nitrogen and oxygen atoms in total. The van der Waals surface area contributed by atoms with Crippen LogP contribution in [-0.2, 0) is 0 Å². The first kappa shape index (κ1) is 11.2. The zero-order chi connectivity index (χ0) is 12.6. The van der Waals surface area contributed by atoms with Crippen LogP contribution in [0.3, 0.4) is 0 Å². The van der Waals surface area contributed by atoms with Gasteiger partial charge in [-0.2, -0.15) is 4.39 Å². The van der Waals surface area contributed by atoms with Gasteiger partial charge in [0.1, 0.15) is 0 Å². The SMILES string of the molecule is COc1cc(-c2cnoc2N)c(F)c(O)c1F. The molecule has 1 aromatic carbocycles. The van der Waals surface area contributed by atoms with Crippen LogP contribution in [0.4, 0.5) is 14.7 Å². The van der Waals surface area contributed by atoms with Crippen molar-refractivity contribution in [3.8, 4) is 22.6 Å². The van der Waals surface area contributed by atoms with Gasteiger partial charge in [-0.1, -0.05) is 5.16 Å². The Morgan fingerprint density at radius 2 is 2.06 bits per heavy atom. The maximum Gasteiger partial charge on any atom is 0.230 e. The highest BCUT2D eigenvalue weighted by Gasteiger charge is 2.22. The van der Waals surface area contributed by atoms with Gasteiger partial charge < -0.3 is 20.1 Å². The van der Waals surface area contributed by atoms with E-state index in [-0.39, 0.29) is 22.8 Å². The van der Waals surface area contributed by atoms with Crippen LogP contribution in [0.15, 0.2) is 16.8 Å². The molecule has 90 valence electrons. The largest absolute Gasteiger partial charge is 0.503 e. The van der Waals surface area contributed by atoms with Crippen molar-refractivity contribution in [3.63, 3.8) is 0 Å². The number of hydrogen-bond donors (Lipinski definition) is 2. The minimum atomic E-state index is -1.18. The molecule has 17 heavy (non-hydrogen) atoms. The summed E-state index contributed by atoms with van der Waals surface area (Å²) in [4.78, 5) is 0. The summed E-state index contributed by atoms with van der Waals surface area (Å²) < 4.78 is 36.2. The lowest BCUT2D eigenvalue weighted by atomic mass is 10.1. The lowest BCUT2D eigenvalue weighted by Crippen LogP contribution is -1.95. The van der Waals surface area contributed by atoms with Crippen LogP contribution in [0.25, 0.3) is 11.1 Å². The van der Waals surface area contributed by atoms with Gasteiger partial charge in [0, 0.05) is 5.56 Å². The van der Waals surface area contributed by atoms with Crippen molar-refractivity contribution in [2.45, 2.75) is 0 Å². The minimum absolute atomic E-state index is 0.108. The van der Waals surface area contributed by atoms with Gasteiger partial charge in [0.15, 0.2) is 17.3 Å². The van der Waals surface area contributed by atoms with Gasteiger partial charge in [0.05, 0.1) is 18.9 Å². The number of nitrogens with zero attached hydrogens (tertiary/aromatic N) is 1. The van der Waals surface area contributed by atoms with E-state index in [2.05, 4.69) is 14.4 Å². The van der Waals surface area contributed by atoms with Gasteiger partial charge in [0.2, 0.25) is 11.7 Å². The molecule has 0 aliphatic heterocycles. The van der Waals surface area contributed by atoms with Crippen LogP contribution in [0.1, 0.15) is 0 Å². The van der Waals surface area contributed by atoms with E-state index < -0.39 is 17.4 Å². The highest BCUT2D eigenvalue weighted by atomic mass is 19.1. The lowest BCUT2D eigenvalue weighted by Gasteiger charge is -2.08.